The minimum atomic E-state index is -2.92. The van der Waals surface area contributed by atoms with Crippen LogP contribution in [0.15, 0.2) is 22.7 Å². The molecule has 0 spiro atoms. The Morgan fingerprint density at radius 1 is 1.39 bits per heavy atom. The van der Waals surface area contributed by atoms with Gasteiger partial charge in [0.1, 0.15) is 9.84 Å². The Labute approximate surface area is 117 Å². The highest BCUT2D eigenvalue weighted by Crippen LogP contribution is 2.26. The molecule has 6 heteroatoms. The third kappa shape index (κ3) is 4.96. The average Bonchev–Trinajstić information content (AvgIpc) is 2.25. The number of anilines is 1. The summed E-state index contributed by atoms with van der Waals surface area (Å²) in [7, 11) is 0.871. The summed E-state index contributed by atoms with van der Waals surface area (Å²) in [5.74, 6) is 0.161. The van der Waals surface area contributed by atoms with Gasteiger partial charge >= 0.3 is 0 Å². The van der Waals surface area contributed by atoms with Gasteiger partial charge in [0.05, 0.1) is 11.4 Å². The molecule has 0 atom stereocenters. The van der Waals surface area contributed by atoms with Crippen molar-refractivity contribution >= 4 is 31.5 Å². The van der Waals surface area contributed by atoms with E-state index in [-0.39, 0.29) is 5.75 Å². The van der Waals surface area contributed by atoms with Crippen molar-refractivity contribution in [3.63, 3.8) is 0 Å². The maximum absolute atomic E-state index is 11.1. The third-order valence-electron chi connectivity index (χ3n) is 2.60. The monoisotopic (exact) mass is 334 g/mol. The summed E-state index contributed by atoms with van der Waals surface area (Å²) in [5, 5.41) is 3.09. The molecule has 0 aliphatic carbocycles. The molecule has 0 aromatic heterocycles. The molecule has 0 radical (unpaired) electrons. The highest BCUT2D eigenvalue weighted by molar-refractivity contribution is 9.10. The molecule has 0 aliphatic rings. The topological polar surface area (TPSA) is 49.4 Å². The molecule has 0 heterocycles. The first-order valence-electron chi connectivity index (χ1n) is 5.65. The molecule has 1 N–H and O–H groups in total. The summed E-state index contributed by atoms with van der Waals surface area (Å²) in [5.41, 5.74) is 2.18. The molecule has 0 aliphatic heterocycles. The lowest BCUT2D eigenvalue weighted by molar-refractivity contribution is 0.601. The lowest BCUT2D eigenvalue weighted by Gasteiger charge is -2.20. The van der Waals surface area contributed by atoms with Gasteiger partial charge in [0.15, 0.2) is 0 Å². The minimum Gasteiger partial charge on any atom is -0.373 e. The van der Waals surface area contributed by atoms with Gasteiger partial charge in [-0.3, -0.25) is 0 Å². The van der Waals surface area contributed by atoms with E-state index in [1.54, 1.807) is 0 Å². The van der Waals surface area contributed by atoms with Crippen molar-refractivity contribution in [1.29, 1.82) is 0 Å². The second-order valence-corrected chi connectivity index (χ2v) is 7.48. The van der Waals surface area contributed by atoms with Crippen LogP contribution in [-0.2, 0) is 16.4 Å². The van der Waals surface area contributed by atoms with E-state index >= 15 is 0 Å². The smallest absolute Gasteiger partial charge is 0.149 e. The predicted molar refractivity (Wildman–Crippen MR) is 79.9 cm³/mol. The number of benzene rings is 1. The van der Waals surface area contributed by atoms with Crippen LogP contribution in [0.3, 0.4) is 0 Å². The molecule has 1 rings (SSSR count). The number of halogens is 1. The quantitative estimate of drug-likeness (QED) is 0.859. The second-order valence-electron chi connectivity index (χ2n) is 4.37. The summed E-state index contributed by atoms with van der Waals surface area (Å²) < 4.78 is 23.3. The molecule has 18 heavy (non-hydrogen) atoms. The minimum absolute atomic E-state index is 0.161. The zero-order valence-corrected chi connectivity index (χ0v) is 13.3. The van der Waals surface area contributed by atoms with Crippen molar-refractivity contribution in [3.05, 3.63) is 28.2 Å². The first-order chi connectivity index (χ1) is 8.33. The van der Waals surface area contributed by atoms with Gasteiger partial charge in [-0.25, -0.2) is 8.42 Å². The van der Waals surface area contributed by atoms with E-state index in [1.165, 1.54) is 11.8 Å². The zero-order valence-electron chi connectivity index (χ0n) is 10.9. The highest BCUT2D eigenvalue weighted by Gasteiger charge is 2.09. The van der Waals surface area contributed by atoms with Crippen molar-refractivity contribution in [1.82, 2.24) is 5.32 Å². The van der Waals surface area contributed by atoms with Crippen LogP contribution in [0.1, 0.15) is 5.56 Å². The van der Waals surface area contributed by atoms with Crippen LogP contribution in [-0.4, -0.2) is 41.1 Å². The fraction of sp³-hybridized carbons (Fsp3) is 0.500. The zero-order chi connectivity index (χ0) is 13.8. The van der Waals surface area contributed by atoms with Crippen LogP contribution in [0, 0.1) is 0 Å². The van der Waals surface area contributed by atoms with Crippen molar-refractivity contribution in [2.45, 2.75) is 6.54 Å². The Hall–Kier alpha value is -0.590. The molecule has 0 saturated carbocycles. The molecule has 0 unspecified atom stereocenters. The molecule has 4 nitrogen and oxygen atoms in total. The van der Waals surface area contributed by atoms with Gasteiger partial charge in [-0.15, -0.1) is 0 Å². The maximum atomic E-state index is 11.1. The maximum Gasteiger partial charge on any atom is 0.149 e. The molecule has 1 aromatic carbocycles. The van der Waals surface area contributed by atoms with Gasteiger partial charge < -0.3 is 10.2 Å². The van der Waals surface area contributed by atoms with Gasteiger partial charge in [-0.1, -0.05) is 6.07 Å². The van der Waals surface area contributed by atoms with Crippen LogP contribution in [0.5, 0.6) is 0 Å². The number of hydrogen-bond donors (Lipinski definition) is 1. The van der Waals surface area contributed by atoms with Crippen molar-refractivity contribution in [2.24, 2.45) is 0 Å². The second kappa shape index (κ2) is 6.54. The number of nitrogens with one attached hydrogen (secondary N) is 1. The lowest BCUT2D eigenvalue weighted by atomic mass is 10.2. The first kappa shape index (κ1) is 15.5. The fourth-order valence-corrected chi connectivity index (χ4v) is 2.93. The van der Waals surface area contributed by atoms with Gasteiger partial charge in [0, 0.05) is 30.9 Å². The van der Waals surface area contributed by atoms with Crippen LogP contribution in [0.25, 0.3) is 0 Å². The summed E-state index contributed by atoms with van der Waals surface area (Å²) in [6, 6.07) is 6.08. The Morgan fingerprint density at radius 2 is 2.06 bits per heavy atom. The summed E-state index contributed by atoms with van der Waals surface area (Å²) in [4.78, 5) is 1.94. The highest BCUT2D eigenvalue weighted by atomic mass is 79.9. The van der Waals surface area contributed by atoms with Crippen molar-refractivity contribution in [2.75, 3.05) is 37.5 Å². The largest absolute Gasteiger partial charge is 0.373 e. The fourth-order valence-electron chi connectivity index (χ4n) is 1.60. The Bertz CT molecular complexity index is 503. The van der Waals surface area contributed by atoms with Gasteiger partial charge in [0.2, 0.25) is 0 Å². The van der Waals surface area contributed by atoms with E-state index in [0.29, 0.717) is 6.54 Å². The first-order valence-corrected chi connectivity index (χ1v) is 8.50. The average molecular weight is 335 g/mol. The molecular formula is C12H19BrN2O2S. The molecule has 102 valence electrons. The van der Waals surface area contributed by atoms with Crippen molar-refractivity contribution in [3.8, 4) is 0 Å². The Balaban J connectivity index is 2.77. The summed E-state index contributed by atoms with van der Waals surface area (Å²) in [6.07, 6.45) is 1.26. The van der Waals surface area contributed by atoms with E-state index in [4.69, 9.17) is 0 Å². The van der Waals surface area contributed by atoms with E-state index in [1.807, 2.05) is 37.2 Å². The molecule has 0 bridgehead atoms. The van der Waals surface area contributed by atoms with E-state index in [9.17, 15) is 8.42 Å². The predicted octanol–water partition coefficient (Wildman–Crippen LogP) is 1.65. The van der Waals surface area contributed by atoms with Crippen LogP contribution >= 0.6 is 15.9 Å². The Kier molecular flexibility index (Phi) is 5.62. The number of sulfone groups is 1. The SMILES string of the molecule is CNCc1ccc(N(C)CCS(C)(=O)=O)c(Br)c1. The molecule has 1 aromatic rings. The van der Waals surface area contributed by atoms with E-state index in [2.05, 4.69) is 21.2 Å². The third-order valence-corrected chi connectivity index (χ3v) is 4.16. The summed E-state index contributed by atoms with van der Waals surface area (Å²) >= 11 is 3.52. The van der Waals surface area contributed by atoms with Gasteiger partial charge in [-0.2, -0.15) is 0 Å². The van der Waals surface area contributed by atoms with Gasteiger partial charge in [-0.05, 0) is 40.7 Å². The van der Waals surface area contributed by atoms with Crippen LogP contribution in [0.4, 0.5) is 5.69 Å². The lowest BCUT2D eigenvalue weighted by Crippen LogP contribution is -2.25. The van der Waals surface area contributed by atoms with E-state index < -0.39 is 9.84 Å². The molecule has 0 saturated heterocycles. The normalized spacial score (nSPS) is 11.6. The van der Waals surface area contributed by atoms with Crippen LogP contribution < -0.4 is 10.2 Å². The number of nitrogens with zero attached hydrogens (tertiary/aromatic N) is 1. The number of rotatable bonds is 6. The molecule has 0 amide bonds. The van der Waals surface area contributed by atoms with Gasteiger partial charge in [0.25, 0.3) is 0 Å². The standard InChI is InChI=1S/C12H19BrN2O2S/c1-14-9-10-4-5-12(11(13)8-10)15(2)6-7-18(3,16)17/h4-5,8,14H,6-7,9H2,1-3H3. The van der Waals surface area contributed by atoms with Crippen molar-refractivity contribution < 1.29 is 8.42 Å². The number of hydrogen-bond acceptors (Lipinski definition) is 4. The molecular weight excluding hydrogens is 316 g/mol. The Morgan fingerprint density at radius 3 is 2.56 bits per heavy atom. The van der Waals surface area contributed by atoms with Crippen LogP contribution in [0.2, 0.25) is 0 Å². The molecule has 0 fully saturated rings. The van der Waals surface area contributed by atoms with E-state index in [0.717, 1.165) is 16.7 Å². The summed E-state index contributed by atoms with van der Waals surface area (Å²) in [6.45, 7) is 1.30.